The van der Waals surface area contributed by atoms with Crippen molar-refractivity contribution < 1.29 is 9.59 Å². The second kappa shape index (κ2) is 12.1. The van der Waals surface area contributed by atoms with Crippen LogP contribution in [0.3, 0.4) is 0 Å². The van der Waals surface area contributed by atoms with Gasteiger partial charge in [0.2, 0.25) is 0 Å². The molecule has 5 rings (SSSR count). The Morgan fingerprint density at radius 2 is 1.71 bits per heavy atom. The number of thiazole rings is 1. The van der Waals surface area contributed by atoms with Crippen LogP contribution in [0.2, 0.25) is 0 Å². The fraction of sp³-hybridized carbons (Fsp3) is 0.367. The van der Waals surface area contributed by atoms with E-state index in [1.54, 1.807) is 17.1 Å². The highest BCUT2D eigenvalue weighted by Gasteiger charge is 2.22. The summed E-state index contributed by atoms with van der Waals surface area (Å²) in [5.41, 5.74) is 3.78. The van der Waals surface area contributed by atoms with E-state index in [0.29, 0.717) is 16.8 Å². The van der Waals surface area contributed by atoms with E-state index >= 15 is 0 Å². The quantitative estimate of drug-likeness (QED) is 0.237. The smallest absolute Gasteiger partial charge is 0.324 e. The van der Waals surface area contributed by atoms with Crippen LogP contribution in [-0.4, -0.2) is 49.8 Å². The number of hydrogen-bond acceptors (Lipinski definition) is 6. The molecule has 1 fully saturated rings. The number of benzene rings is 1. The van der Waals surface area contributed by atoms with Gasteiger partial charge in [0.25, 0.3) is 0 Å². The molecule has 0 saturated carbocycles. The zero-order valence-corrected chi connectivity index (χ0v) is 24.7. The molecule has 0 atom stereocenters. The summed E-state index contributed by atoms with van der Waals surface area (Å²) < 4.78 is 1.75. The Bertz CT molecular complexity index is 1510. The summed E-state index contributed by atoms with van der Waals surface area (Å²) >= 11 is 1.44. The number of pyridine rings is 1. The van der Waals surface area contributed by atoms with Crippen LogP contribution in [0.15, 0.2) is 54.9 Å². The number of amides is 4. The van der Waals surface area contributed by atoms with Crippen molar-refractivity contribution in [3.8, 4) is 5.69 Å². The van der Waals surface area contributed by atoms with E-state index in [1.165, 1.54) is 11.3 Å². The Labute approximate surface area is 244 Å². The van der Waals surface area contributed by atoms with Crippen LogP contribution in [-0.2, 0) is 18.3 Å². The van der Waals surface area contributed by atoms with Gasteiger partial charge in [-0.2, -0.15) is 5.10 Å². The van der Waals surface area contributed by atoms with Gasteiger partial charge in [0.05, 0.1) is 11.4 Å². The lowest BCUT2D eigenvalue weighted by Gasteiger charge is -2.15. The van der Waals surface area contributed by atoms with Crippen molar-refractivity contribution in [1.29, 1.82) is 0 Å². The molecule has 0 unspecified atom stereocenters. The average molecular weight is 573 g/mol. The molecule has 4 heterocycles. The first kappa shape index (κ1) is 28.3. The molecule has 11 heteroatoms. The van der Waals surface area contributed by atoms with Gasteiger partial charge in [-0.05, 0) is 62.4 Å². The summed E-state index contributed by atoms with van der Waals surface area (Å²) in [6.45, 7) is 9.89. The van der Waals surface area contributed by atoms with Crippen LogP contribution in [0.1, 0.15) is 55.3 Å². The van der Waals surface area contributed by atoms with E-state index in [0.717, 1.165) is 66.2 Å². The number of likely N-dealkylation sites (tertiary alicyclic amines) is 1. The summed E-state index contributed by atoms with van der Waals surface area (Å²) in [7, 11) is 0. The standard InChI is InChI=1S/C30H36N8O2S/c1-20-7-10-22(11-8-20)38-26(18-24(36-38)30(2,3)4)34-27(39)35-28-32-19-23(41-28)12-9-21-13-14-31-25(17-21)33-29(40)37-15-5-6-16-37/h7-8,10-11,13-14,17-19H,5-6,9,12,15-16H2,1-4H3,(H,31,33,40)(H2,32,34,35,39). The zero-order chi connectivity index (χ0) is 29.0. The molecule has 0 bridgehead atoms. The normalized spacial score (nSPS) is 13.3. The van der Waals surface area contributed by atoms with Crippen molar-refractivity contribution in [2.24, 2.45) is 0 Å². The van der Waals surface area contributed by atoms with Crippen LogP contribution in [0.25, 0.3) is 5.69 Å². The van der Waals surface area contributed by atoms with Gasteiger partial charge in [-0.3, -0.25) is 16.0 Å². The minimum atomic E-state index is -0.382. The minimum Gasteiger partial charge on any atom is -0.324 e. The van der Waals surface area contributed by atoms with Gasteiger partial charge in [0, 0.05) is 41.8 Å². The van der Waals surface area contributed by atoms with Gasteiger partial charge in [0.1, 0.15) is 11.6 Å². The Morgan fingerprint density at radius 1 is 0.951 bits per heavy atom. The third kappa shape index (κ3) is 7.29. The SMILES string of the molecule is Cc1ccc(-n2nc(C(C)(C)C)cc2NC(=O)Nc2ncc(CCc3ccnc(NC(=O)N4CCCC4)c3)s2)cc1. The fourth-order valence-corrected chi connectivity index (χ4v) is 5.33. The number of nitrogens with one attached hydrogen (secondary N) is 3. The molecule has 0 aliphatic carbocycles. The lowest BCUT2D eigenvalue weighted by molar-refractivity contribution is 0.222. The largest absolute Gasteiger partial charge is 0.326 e. The van der Waals surface area contributed by atoms with Crippen LogP contribution < -0.4 is 16.0 Å². The van der Waals surface area contributed by atoms with Crippen molar-refractivity contribution in [3.63, 3.8) is 0 Å². The van der Waals surface area contributed by atoms with E-state index < -0.39 is 0 Å². The molecule has 3 N–H and O–H groups in total. The number of nitrogens with zero attached hydrogens (tertiary/aromatic N) is 5. The molecule has 10 nitrogen and oxygen atoms in total. The first-order chi connectivity index (χ1) is 19.6. The van der Waals surface area contributed by atoms with Crippen molar-refractivity contribution in [2.45, 2.75) is 58.8 Å². The molecule has 1 saturated heterocycles. The number of aromatic nitrogens is 4. The monoisotopic (exact) mass is 572 g/mol. The van der Waals surface area contributed by atoms with E-state index in [-0.39, 0.29) is 17.5 Å². The van der Waals surface area contributed by atoms with E-state index in [1.807, 2.05) is 54.3 Å². The Kier molecular flexibility index (Phi) is 8.34. The number of aryl methyl sites for hydroxylation is 3. The Hall–Kier alpha value is -4.25. The summed E-state index contributed by atoms with van der Waals surface area (Å²) in [5, 5.41) is 14.0. The van der Waals surface area contributed by atoms with Gasteiger partial charge in [0.15, 0.2) is 5.13 Å². The number of anilines is 3. The summed E-state index contributed by atoms with van der Waals surface area (Å²) in [6, 6.07) is 13.3. The molecular weight excluding hydrogens is 536 g/mol. The van der Waals surface area contributed by atoms with Crippen LogP contribution in [0.4, 0.5) is 26.4 Å². The molecule has 41 heavy (non-hydrogen) atoms. The lowest BCUT2D eigenvalue weighted by Crippen LogP contribution is -2.32. The predicted molar refractivity (Wildman–Crippen MR) is 163 cm³/mol. The molecule has 214 valence electrons. The van der Waals surface area contributed by atoms with Crippen molar-refractivity contribution in [3.05, 3.63) is 76.6 Å². The minimum absolute atomic E-state index is 0.0971. The first-order valence-electron chi connectivity index (χ1n) is 13.9. The Balaban J connectivity index is 1.19. The van der Waals surface area contributed by atoms with Crippen LogP contribution >= 0.6 is 11.3 Å². The summed E-state index contributed by atoms with van der Waals surface area (Å²) in [6.07, 6.45) is 7.10. The topological polar surface area (TPSA) is 117 Å². The van der Waals surface area contributed by atoms with Gasteiger partial charge in [-0.25, -0.2) is 24.2 Å². The molecule has 4 aromatic rings. The number of carbonyl (C=O) groups excluding carboxylic acids is 2. The molecule has 1 aliphatic heterocycles. The highest BCUT2D eigenvalue weighted by molar-refractivity contribution is 7.15. The fourth-order valence-electron chi connectivity index (χ4n) is 4.52. The zero-order valence-electron chi connectivity index (χ0n) is 23.9. The third-order valence-electron chi connectivity index (χ3n) is 6.88. The van der Waals surface area contributed by atoms with Crippen LogP contribution in [0, 0.1) is 6.92 Å². The number of hydrogen-bond donors (Lipinski definition) is 3. The molecule has 4 amide bonds. The number of rotatable bonds is 7. The van der Waals surface area contributed by atoms with Crippen LogP contribution in [0.5, 0.6) is 0 Å². The Morgan fingerprint density at radius 3 is 2.44 bits per heavy atom. The highest BCUT2D eigenvalue weighted by Crippen LogP contribution is 2.27. The van der Waals surface area contributed by atoms with Crippen molar-refractivity contribution in [2.75, 3.05) is 29.0 Å². The second-order valence-electron chi connectivity index (χ2n) is 11.3. The highest BCUT2D eigenvalue weighted by atomic mass is 32.1. The second-order valence-corrected chi connectivity index (χ2v) is 12.4. The number of carbonyl (C=O) groups is 2. The van der Waals surface area contributed by atoms with Gasteiger partial charge in [-0.1, -0.05) is 38.5 Å². The molecule has 0 spiro atoms. The summed E-state index contributed by atoms with van der Waals surface area (Å²) in [5.74, 6) is 1.14. The molecule has 0 radical (unpaired) electrons. The summed E-state index contributed by atoms with van der Waals surface area (Å²) in [4.78, 5) is 36.9. The molecule has 1 aromatic carbocycles. The number of urea groups is 2. The maximum absolute atomic E-state index is 12.9. The van der Waals surface area contributed by atoms with E-state index in [9.17, 15) is 9.59 Å². The van der Waals surface area contributed by atoms with Gasteiger partial charge < -0.3 is 4.90 Å². The van der Waals surface area contributed by atoms with Crippen molar-refractivity contribution in [1.82, 2.24) is 24.6 Å². The van der Waals surface area contributed by atoms with Gasteiger partial charge >= 0.3 is 12.1 Å². The molecular formula is C30H36N8O2S. The molecule has 3 aromatic heterocycles. The first-order valence-corrected chi connectivity index (χ1v) is 14.7. The lowest BCUT2D eigenvalue weighted by atomic mass is 9.92. The predicted octanol–water partition coefficient (Wildman–Crippen LogP) is 6.39. The third-order valence-corrected chi connectivity index (χ3v) is 7.86. The van der Waals surface area contributed by atoms with Gasteiger partial charge in [-0.15, -0.1) is 11.3 Å². The maximum Gasteiger partial charge on any atom is 0.326 e. The van der Waals surface area contributed by atoms with E-state index in [4.69, 9.17) is 5.10 Å². The van der Waals surface area contributed by atoms with E-state index in [2.05, 4.69) is 46.7 Å². The average Bonchev–Trinajstić information content (AvgIpc) is 3.70. The maximum atomic E-state index is 12.9. The molecule has 1 aliphatic rings. The van der Waals surface area contributed by atoms with Crippen molar-refractivity contribution >= 4 is 40.2 Å².